The van der Waals surface area contributed by atoms with E-state index in [0.717, 1.165) is 35.2 Å². The summed E-state index contributed by atoms with van der Waals surface area (Å²) in [5.41, 5.74) is 0.984. The Morgan fingerprint density at radius 1 is 1.38 bits per heavy atom. The molecule has 0 spiro atoms. The third kappa shape index (κ3) is 5.25. The van der Waals surface area contributed by atoms with Gasteiger partial charge in [0.25, 0.3) is 0 Å². The van der Waals surface area contributed by atoms with Crippen LogP contribution in [0.1, 0.15) is 18.9 Å². The molecule has 0 radical (unpaired) electrons. The molecule has 2 rings (SSSR count). The first-order chi connectivity index (χ1) is 11.7. The van der Waals surface area contributed by atoms with Crippen molar-refractivity contribution in [2.75, 3.05) is 26.0 Å². The van der Waals surface area contributed by atoms with E-state index >= 15 is 0 Å². The van der Waals surface area contributed by atoms with Crippen molar-refractivity contribution in [3.63, 3.8) is 0 Å². The van der Waals surface area contributed by atoms with Crippen molar-refractivity contribution >= 4 is 23.4 Å². The molecule has 1 heterocycles. The molecule has 0 bridgehead atoms. The third-order valence-corrected chi connectivity index (χ3v) is 4.40. The molecule has 24 heavy (non-hydrogen) atoms. The van der Waals surface area contributed by atoms with Gasteiger partial charge in [-0.15, -0.1) is 5.10 Å². The topological polar surface area (TPSA) is 74.1 Å². The van der Waals surface area contributed by atoms with Crippen molar-refractivity contribution in [1.82, 2.24) is 25.5 Å². The Hall–Kier alpha value is -1.51. The highest BCUT2D eigenvalue weighted by Crippen LogP contribution is 2.34. The molecular weight excluding hydrogens is 350 g/mol. The average Bonchev–Trinajstić information content (AvgIpc) is 2.98. The van der Waals surface area contributed by atoms with E-state index in [2.05, 4.69) is 27.8 Å². The van der Waals surface area contributed by atoms with Crippen LogP contribution in [0.25, 0.3) is 0 Å². The number of hydrogen-bond donors (Lipinski definition) is 1. The summed E-state index contributed by atoms with van der Waals surface area (Å²) >= 11 is 7.77. The van der Waals surface area contributed by atoms with Crippen LogP contribution >= 0.6 is 23.4 Å². The highest BCUT2D eigenvalue weighted by molar-refractivity contribution is 7.99. The van der Waals surface area contributed by atoms with Gasteiger partial charge in [0.1, 0.15) is 0 Å². The monoisotopic (exact) mass is 371 g/mol. The van der Waals surface area contributed by atoms with E-state index in [0.29, 0.717) is 23.9 Å². The van der Waals surface area contributed by atoms with Crippen molar-refractivity contribution < 1.29 is 9.47 Å². The van der Waals surface area contributed by atoms with Gasteiger partial charge in [0.05, 0.1) is 13.7 Å². The number of benzene rings is 1. The number of ether oxygens (including phenoxy) is 2. The molecule has 0 saturated heterocycles. The second kappa shape index (κ2) is 9.71. The van der Waals surface area contributed by atoms with Gasteiger partial charge in [-0.2, -0.15) is 0 Å². The Balaban J connectivity index is 1.90. The van der Waals surface area contributed by atoms with E-state index < -0.39 is 0 Å². The normalized spacial score (nSPS) is 10.8. The van der Waals surface area contributed by atoms with Crippen LogP contribution < -0.4 is 14.8 Å². The molecule has 0 fully saturated rings. The van der Waals surface area contributed by atoms with Crippen molar-refractivity contribution in [2.45, 2.75) is 25.0 Å². The fourth-order valence-corrected chi connectivity index (χ4v) is 3.03. The van der Waals surface area contributed by atoms with Crippen LogP contribution in [-0.4, -0.2) is 46.2 Å². The highest BCUT2D eigenvalue weighted by atomic mass is 35.5. The van der Waals surface area contributed by atoms with Crippen LogP contribution in [0.4, 0.5) is 0 Å². The summed E-state index contributed by atoms with van der Waals surface area (Å²) in [6, 6.07) is 3.68. The number of halogens is 1. The summed E-state index contributed by atoms with van der Waals surface area (Å²) in [7, 11) is 3.44. The van der Waals surface area contributed by atoms with Gasteiger partial charge >= 0.3 is 0 Å². The Kier molecular flexibility index (Phi) is 7.61. The first-order valence-corrected chi connectivity index (χ1v) is 9.07. The van der Waals surface area contributed by atoms with Crippen LogP contribution in [0.3, 0.4) is 0 Å². The Labute approximate surface area is 151 Å². The zero-order valence-corrected chi connectivity index (χ0v) is 15.7. The van der Waals surface area contributed by atoms with E-state index in [1.54, 1.807) is 29.6 Å². The molecule has 9 heteroatoms. The number of hydrogen-bond acceptors (Lipinski definition) is 7. The maximum absolute atomic E-state index is 6.17. The van der Waals surface area contributed by atoms with E-state index in [1.807, 2.05) is 13.1 Å². The minimum Gasteiger partial charge on any atom is -0.493 e. The highest BCUT2D eigenvalue weighted by Gasteiger charge is 2.12. The predicted molar refractivity (Wildman–Crippen MR) is 95.0 cm³/mol. The van der Waals surface area contributed by atoms with Crippen LogP contribution in [-0.2, 0) is 13.6 Å². The fourth-order valence-electron chi connectivity index (χ4n) is 2.05. The lowest BCUT2D eigenvalue weighted by Gasteiger charge is -2.16. The lowest BCUT2D eigenvalue weighted by Crippen LogP contribution is -2.18. The summed E-state index contributed by atoms with van der Waals surface area (Å²) in [5, 5.41) is 16.2. The lowest BCUT2D eigenvalue weighted by atomic mass is 10.2. The molecule has 0 aliphatic carbocycles. The molecular formula is C15H22ClN5O2S. The Morgan fingerprint density at radius 3 is 2.88 bits per heavy atom. The lowest BCUT2D eigenvalue weighted by molar-refractivity contribution is 0.290. The van der Waals surface area contributed by atoms with Crippen molar-refractivity contribution in [2.24, 2.45) is 7.05 Å². The third-order valence-electron chi connectivity index (χ3n) is 3.17. The average molecular weight is 372 g/mol. The smallest absolute Gasteiger partial charge is 0.209 e. The number of nitrogens with zero attached hydrogens (tertiary/aromatic N) is 4. The zero-order valence-electron chi connectivity index (χ0n) is 14.1. The van der Waals surface area contributed by atoms with E-state index in [9.17, 15) is 0 Å². The zero-order chi connectivity index (χ0) is 17.4. The molecule has 132 valence electrons. The number of thioether (sulfide) groups is 1. The van der Waals surface area contributed by atoms with Gasteiger partial charge in [0.15, 0.2) is 11.5 Å². The van der Waals surface area contributed by atoms with Crippen molar-refractivity contribution in [1.29, 1.82) is 0 Å². The minimum absolute atomic E-state index is 0.632. The van der Waals surface area contributed by atoms with E-state index in [1.165, 1.54) is 0 Å². The predicted octanol–water partition coefficient (Wildman–Crippen LogP) is 2.54. The molecule has 7 nitrogen and oxygen atoms in total. The van der Waals surface area contributed by atoms with Crippen LogP contribution in [0.5, 0.6) is 11.5 Å². The molecule has 2 aromatic rings. The number of rotatable bonds is 10. The first-order valence-electron chi connectivity index (χ1n) is 7.70. The summed E-state index contributed by atoms with van der Waals surface area (Å²) in [4.78, 5) is 0. The SMILES string of the molecule is CCCOc1c(CNCCSc2nnnn2C)cc(Cl)cc1OC. The van der Waals surface area contributed by atoms with Gasteiger partial charge in [-0.05, 0) is 22.9 Å². The number of methoxy groups -OCH3 is 1. The van der Waals surface area contributed by atoms with Gasteiger partial charge in [0.2, 0.25) is 5.16 Å². The van der Waals surface area contributed by atoms with Crippen LogP contribution in [0, 0.1) is 0 Å². The Bertz CT molecular complexity index is 653. The quantitative estimate of drug-likeness (QED) is 0.508. The number of aromatic nitrogens is 4. The molecule has 0 aliphatic rings. The molecule has 0 atom stereocenters. The van der Waals surface area contributed by atoms with Gasteiger partial charge in [-0.1, -0.05) is 30.3 Å². The molecule has 0 unspecified atom stereocenters. The van der Waals surface area contributed by atoms with Crippen LogP contribution in [0.15, 0.2) is 17.3 Å². The van der Waals surface area contributed by atoms with Gasteiger partial charge in [-0.3, -0.25) is 0 Å². The second-order valence-electron chi connectivity index (χ2n) is 5.06. The molecule has 0 aliphatic heterocycles. The maximum Gasteiger partial charge on any atom is 0.209 e. The minimum atomic E-state index is 0.632. The first kappa shape index (κ1) is 18.8. The molecule has 1 aromatic carbocycles. The standard InChI is InChI=1S/C15H22ClN5O2S/c1-4-6-23-14-11(8-12(16)9-13(14)22-3)10-17-5-7-24-15-18-19-20-21(15)2/h8-9,17H,4-7,10H2,1-3H3. The molecule has 0 saturated carbocycles. The molecule has 1 aromatic heterocycles. The molecule has 1 N–H and O–H groups in total. The van der Waals surface area contributed by atoms with Gasteiger partial charge in [0, 0.05) is 42.5 Å². The van der Waals surface area contributed by atoms with Crippen LogP contribution in [0.2, 0.25) is 5.02 Å². The maximum atomic E-state index is 6.17. The van der Waals surface area contributed by atoms with Crippen molar-refractivity contribution in [3.05, 3.63) is 22.7 Å². The fraction of sp³-hybridized carbons (Fsp3) is 0.533. The molecule has 0 amide bonds. The summed E-state index contributed by atoms with van der Waals surface area (Å²) < 4.78 is 12.9. The Morgan fingerprint density at radius 2 is 2.21 bits per heavy atom. The van der Waals surface area contributed by atoms with Gasteiger partial charge < -0.3 is 14.8 Å². The summed E-state index contributed by atoms with van der Waals surface area (Å²) in [5.74, 6) is 2.27. The van der Waals surface area contributed by atoms with Gasteiger partial charge in [-0.25, -0.2) is 4.68 Å². The van der Waals surface area contributed by atoms with E-state index in [-0.39, 0.29) is 0 Å². The second-order valence-corrected chi connectivity index (χ2v) is 6.55. The number of tetrazole rings is 1. The van der Waals surface area contributed by atoms with E-state index in [4.69, 9.17) is 21.1 Å². The van der Waals surface area contributed by atoms with Crippen molar-refractivity contribution in [3.8, 4) is 11.5 Å². The number of nitrogens with one attached hydrogen (secondary N) is 1. The number of aryl methyl sites for hydroxylation is 1. The summed E-state index contributed by atoms with van der Waals surface area (Å²) in [6.45, 7) is 4.16. The summed E-state index contributed by atoms with van der Waals surface area (Å²) in [6.07, 6.45) is 0.932. The largest absolute Gasteiger partial charge is 0.493 e.